The molecule has 108 valence electrons. The van der Waals surface area contributed by atoms with E-state index < -0.39 is 17.7 Å². The van der Waals surface area contributed by atoms with Gasteiger partial charge in [-0.05, 0) is 27.7 Å². The van der Waals surface area contributed by atoms with Crippen LogP contribution in [0.15, 0.2) is 30.3 Å². The molecule has 0 bridgehead atoms. The van der Waals surface area contributed by atoms with Gasteiger partial charge < -0.3 is 0 Å². The van der Waals surface area contributed by atoms with Gasteiger partial charge in [-0.3, -0.25) is 0 Å². The highest BCUT2D eigenvalue weighted by Crippen LogP contribution is 2.49. The molecule has 0 saturated carbocycles. The molecule has 0 aliphatic carbocycles. The molecule has 1 rings (SSSR count). The first kappa shape index (κ1) is 17.7. The molecule has 0 atom stereocenters. The van der Waals surface area contributed by atoms with Gasteiger partial charge in [0.2, 0.25) is 0 Å². The van der Waals surface area contributed by atoms with Crippen LogP contribution in [-0.2, 0) is 0 Å². The summed E-state index contributed by atoms with van der Waals surface area (Å²) in [5, 5.41) is 2.19. The van der Waals surface area contributed by atoms with E-state index in [1.165, 1.54) is 17.6 Å². The summed E-state index contributed by atoms with van der Waals surface area (Å²) in [5.41, 5.74) is 0. The lowest BCUT2D eigenvalue weighted by atomic mass is 10.2. The van der Waals surface area contributed by atoms with Crippen LogP contribution in [0.5, 0.6) is 0 Å². The molecule has 0 saturated heterocycles. The van der Waals surface area contributed by atoms with Crippen molar-refractivity contribution < 1.29 is 0 Å². The highest BCUT2D eigenvalue weighted by molar-refractivity contribution is 7.66. The second kappa shape index (κ2) is 7.61. The number of hydrogen-bond acceptors (Lipinski definition) is 0. The highest BCUT2D eigenvalue weighted by Gasteiger charge is 2.29. The van der Waals surface area contributed by atoms with Gasteiger partial charge in [0.15, 0.2) is 0 Å². The molecule has 0 aliphatic rings. The van der Waals surface area contributed by atoms with Crippen LogP contribution < -0.4 is 5.30 Å². The monoisotopic (exact) mass is 350 g/mol. The molecule has 0 fully saturated rings. The maximum atomic E-state index is 6.26. The molecule has 0 N–H and O–H groups in total. The summed E-state index contributed by atoms with van der Waals surface area (Å²) in [5.74, 6) is 0. The Kier molecular flexibility index (Phi) is 7.09. The van der Waals surface area contributed by atoms with Crippen LogP contribution in [0.4, 0.5) is 0 Å². The van der Waals surface area contributed by atoms with Crippen LogP contribution in [-0.4, -0.2) is 30.0 Å². The third-order valence-corrected chi connectivity index (χ3v) is 13.7. The van der Waals surface area contributed by atoms with E-state index >= 15 is 0 Å². The molecule has 0 aromatic heterocycles. The van der Waals surface area contributed by atoms with Crippen LogP contribution >= 0.6 is 30.1 Å². The molecule has 0 nitrogen and oxygen atoms in total. The smallest absolute Gasteiger partial charge is 0.131 e. The van der Waals surface area contributed by atoms with E-state index in [1.807, 2.05) is 0 Å². The first-order valence-corrected chi connectivity index (χ1v) is 14.1. The normalized spacial score (nSPS) is 15.7. The zero-order chi connectivity index (χ0) is 14.5. The molecule has 1 aromatic carbocycles. The van der Waals surface area contributed by atoms with Crippen molar-refractivity contribution in [2.45, 2.75) is 37.8 Å². The van der Waals surface area contributed by atoms with Crippen molar-refractivity contribution in [3.05, 3.63) is 30.3 Å². The van der Waals surface area contributed by atoms with Gasteiger partial charge in [-0.15, -0.1) is 0 Å². The maximum absolute atomic E-state index is 6.26. The lowest BCUT2D eigenvalue weighted by Crippen LogP contribution is -2.22. The second-order valence-corrected chi connectivity index (χ2v) is 15.0. The first-order chi connectivity index (χ1) is 8.79. The van der Waals surface area contributed by atoms with Gasteiger partial charge >= 0.3 is 0 Å². The van der Waals surface area contributed by atoms with Crippen LogP contribution in [0, 0.1) is 0 Å². The van der Waals surface area contributed by atoms with Crippen molar-refractivity contribution in [2.75, 3.05) is 12.3 Å². The molecule has 0 spiro atoms. The van der Waals surface area contributed by atoms with Gasteiger partial charge in [0, 0.05) is 0 Å². The van der Waals surface area contributed by atoms with Crippen molar-refractivity contribution in [1.82, 2.24) is 0 Å². The largest absolute Gasteiger partial charge is 0.176 e. The van der Waals surface area contributed by atoms with Crippen LogP contribution in [0.3, 0.4) is 0 Å². The van der Waals surface area contributed by atoms with Gasteiger partial charge in [0.05, 0.1) is 0 Å². The van der Waals surface area contributed by atoms with E-state index in [2.05, 4.69) is 58.0 Å². The number of halogens is 2. The first-order valence-electron chi connectivity index (χ1n) is 6.72. The fourth-order valence-electron chi connectivity index (χ4n) is 2.00. The molecule has 0 heterocycles. The van der Waals surface area contributed by atoms with Crippen LogP contribution in [0.2, 0.25) is 10.1 Å². The average molecular weight is 351 g/mol. The van der Waals surface area contributed by atoms with E-state index in [1.54, 1.807) is 0 Å². The third kappa shape index (κ3) is 6.31. The number of hydrogen-bond donors (Lipinski definition) is 0. The van der Waals surface area contributed by atoms with E-state index in [9.17, 15) is 0 Å². The van der Waals surface area contributed by atoms with Crippen molar-refractivity contribution in [3.8, 4) is 0 Å². The zero-order valence-electron chi connectivity index (χ0n) is 12.4. The number of benzene rings is 1. The Labute approximate surface area is 133 Å². The Morgan fingerprint density at radius 3 is 1.68 bits per heavy atom. The van der Waals surface area contributed by atoms with Gasteiger partial charge in [-0.2, -0.15) is 22.2 Å². The highest BCUT2D eigenvalue weighted by atomic mass is 35.6. The molecule has 0 radical (unpaired) electrons. The minimum absolute atomic E-state index is 0.143. The van der Waals surface area contributed by atoms with Crippen molar-refractivity contribution in [2.24, 2.45) is 0 Å². The Hall–Kier alpha value is 0.664. The average Bonchev–Trinajstić information content (AvgIpc) is 2.38. The predicted octanol–water partition coefficient (Wildman–Crippen LogP) is 3.84. The lowest BCUT2D eigenvalue weighted by Gasteiger charge is -2.33. The maximum Gasteiger partial charge on any atom is 0.131 e. The Morgan fingerprint density at radius 1 is 0.895 bits per heavy atom. The lowest BCUT2D eigenvalue weighted by molar-refractivity contribution is 0.747. The van der Waals surface area contributed by atoms with E-state index in [0.29, 0.717) is 10.1 Å². The van der Waals surface area contributed by atoms with Crippen molar-refractivity contribution >= 4 is 53.0 Å². The van der Waals surface area contributed by atoms with Gasteiger partial charge in [0.1, 0.15) is 17.7 Å². The van der Waals surface area contributed by atoms with E-state index in [-0.39, 0.29) is 7.92 Å². The summed E-state index contributed by atoms with van der Waals surface area (Å²) in [7, 11) is -1.14. The van der Waals surface area contributed by atoms with Crippen LogP contribution in [0.1, 0.15) is 27.7 Å². The van der Waals surface area contributed by atoms with Gasteiger partial charge in [-0.1, -0.05) is 65.9 Å². The third-order valence-electron chi connectivity index (χ3n) is 3.08. The fourth-order valence-corrected chi connectivity index (χ4v) is 8.95. The van der Waals surface area contributed by atoms with E-state index in [4.69, 9.17) is 22.2 Å². The van der Waals surface area contributed by atoms with Gasteiger partial charge in [0.25, 0.3) is 0 Å². The second-order valence-electron chi connectivity index (χ2n) is 6.79. The van der Waals surface area contributed by atoms with Crippen molar-refractivity contribution in [3.63, 3.8) is 0 Å². The summed E-state index contributed by atoms with van der Waals surface area (Å²) >= 11 is 12.5. The molecule has 0 aliphatic heterocycles. The standard InChI is InChI=1S/C14H25Cl2PSi2/c1-13(2,18-15)10-17(11-14(3,4)19-16)12-8-6-5-7-9-12/h5-9H,10-11,18-19H2,1-4H3. The summed E-state index contributed by atoms with van der Waals surface area (Å²) < 4.78 is 0. The van der Waals surface area contributed by atoms with Crippen LogP contribution in [0.25, 0.3) is 0 Å². The summed E-state index contributed by atoms with van der Waals surface area (Å²) in [6.07, 6.45) is 2.49. The molecular weight excluding hydrogens is 326 g/mol. The summed E-state index contributed by atoms with van der Waals surface area (Å²) in [4.78, 5) is 0. The predicted molar refractivity (Wildman–Crippen MR) is 99.6 cm³/mol. The molecular formula is C14H25Cl2PSi2. The SMILES string of the molecule is CC(C)(CP(CC(C)(C)[SiH2]Cl)c1ccccc1)[SiH2]Cl. The van der Waals surface area contributed by atoms with Crippen molar-refractivity contribution in [1.29, 1.82) is 0 Å². The number of rotatable bonds is 7. The Bertz CT molecular complexity index is 364. The van der Waals surface area contributed by atoms with Gasteiger partial charge in [-0.25, -0.2) is 0 Å². The van der Waals surface area contributed by atoms with E-state index in [0.717, 1.165) is 0 Å². The minimum atomic E-state index is -0.498. The molecule has 19 heavy (non-hydrogen) atoms. The molecule has 1 aromatic rings. The summed E-state index contributed by atoms with van der Waals surface area (Å²) in [6, 6.07) is 11.0. The summed E-state index contributed by atoms with van der Waals surface area (Å²) in [6.45, 7) is 9.32. The quantitative estimate of drug-likeness (QED) is 0.398. The molecule has 0 amide bonds. The minimum Gasteiger partial charge on any atom is -0.176 e. The Morgan fingerprint density at radius 2 is 1.32 bits per heavy atom. The molecule has 0 unspecified atom stereocenters. The fraction of sp³-hybridized carbons (Fsp3) is 0.571. The Balaban J connectivity index is 2.92. The topological polar surface area (TPSA) is 0 Å². The zero-order valence-corrected chi connectivity index (χ0v) is 17.7. The molecule has 5 heteroatoms.